The summed E-state index contributed by atoms with van der Waals surface area (Å²) < 4.78 is 10.9. The van der Waals surface area contributed by atoms with Crippen molar-refractivity contribution in [2.75, 3.05) is 0 Å². The van der Waals surface area contributed by atoms with Gasteiger partial charge in [-0.2, -0.15) is 0 Å². The molecule has 3 rings (SSSR count). The molecule has 5 heteroatoms. The third-order valence-electron chi connectivity index (χ3n) is 4.03. The molecule has 3 aromatic rings. The van der Waals surface area contributed by atoms with E-state index >= 15 is 0 Å². The fraction of sp³-hybridized carbons (Fsp3) is 0.333. The Morgan fingerprint density at radius 1 is 1.30 bits per heavy atom. The van der Waals surface area contributed by atoms with Crippen LogP contribution in [0.1, 0.15) is 42.2 Å². The molecule has 1 aromatic carbocycles. The van der Waals surface area contributed by atoms with Crippen LogP contribution in [0.2, 0.25) is 0 Å². The van der Waals surface area contributed by atoms with Crippen molar-refractivity contribution in [3.05, 3.63) is 53.1 Å². The Kier molecular flexibility index (Phi) is 4.19. The van der Waals surface area contributed by atoms with Crippen molar-refractivity contribution in [3.8, 4) is 0 Å². The Morgan fingerprint density at radius 2 is 2.09 bits per heavy atom. The first kappa shape index (κ1) is 15.3. The van der Waals surface area contributed by atoms with E-state index in [1.54, 1.807) is 0 Å². The minimum atomic E-state index is -0.167. The summed E-state index contributed by atoms with van der Waals surface area (Å²) >= 11 is 0. The Labute approximate surface area is 134 Å². The van der Waals surface area contributed by atoms with Gasteiger partial charge in [0.1, 0.15) is 17.1 Å². The summed E-state index contributed by atoms with van der Waals surface area (Å²) in [6.07, 6.45) is 1.02. The Balaban J connectivity index is 1.61. The lowest BCUT2D eigenvalue weighted by Crippen LogP contribution is -2.26. The lowest BCUT2D eigenvalue weighted by Gasteiger charge is -2.11. The van der Waals surface area contributed by atoms with Crippen molar-refractivity contribution >= 4 is 16.9 Å². The molecule has 23 heavy (non-hydrogen) atoms. The number of amides is 1. The van der Waals surface area contributed by atoms with E-state index in [-0.39, 0.29) is 11.9 Å². The number of rotatable bonds is 5. The number of para-hydroxylation sites is 1. The van der Waals surface area contributed by atoms with E-state index in [0.717, 1.165) is 33.7 Å². The first-order chi connectivity index (χ1) is 11.0. The van der Waals surface area contributed by atoms with Crippen molar-refractivity contribution < 1.29 is 13.7 Å². The third-order valence-corrected chi connectivity index (χ3v) is 4.03. The number of carbonyl (C=O) groups is 1. The number of carbonyl (C=O) groups excluding carboxylic acids is 1. The van der Waals surface area contributed by atoms with Crippen LogP contribution in [-0.4, -0.2) is 11.1 Å². The zero-order chi connectivity index (χ0) is 16.4. The molecular formula is C18H20N2O3. The van der Waals surface area contributed by atoms with Crippen LogP contribution in [0.15, 0.2) is 39.3 Å². The Morgan fingerprint density at radius 3 is 2.78 bits per heavy atom. The van der Waals surface area contributed by atoms with Crippen LogP contribution in [-0.2, 0) is 11.2 Å². The monoisotopic (exact) mass is 312 g/mol. The molecule has 0 radical (unpaired) electrons. The fourth-order valence-electron chi connectivity index (χ4n) is 2.70. The van der Waals surface area contributed by atoms with Gasteiger partial charge in [-0.25, -0.2) is 0 Å². The van der Waals surface area contributed by atoms with Crippen LogP contribution in [0.25, 0.3) is 11.0 Å². The number of aryl methyl sites for hydroxylation is 2. The molecule has 120 valence electrons. The van der Waals surface area contributed by atoms with Gasteiger partial charge in [-0.1, -0.05) is 23.4 Å². The summed E-state index contributed by atoms with van der Waals surface area (Å²) in [5.41, 5.74) is 2.69. The predicted octanol–water partition coefficient (Wildman–Crippen LogP) is 3.85. The number of aromatic nitrogens is 1. The quantitative estimate of drug-likeness (QED) is 0.777. The van der Waals surface area contributed by atoms with Crippen LogP contribution >= 0.6 is 0 Å². The highest BCUT2D eigenvalue weighted by Crippen LogP contribution is 2.23. The number of benzene rings is 1. The summed E-state index contributed by atoms with van der Waals surface area (Å²) in [5, 5.41) is 7.92. The molecule has 0 saturated carbocycles. The molecule has 2 heterocycles. The van der Waals surface area contributed by atoms with Crippen molar-refractivity contribution in [1.82, 2.24) is 10.5 Å². The van der Waals surface area contributed by atoms with Crippen molar-refractivity contribution in [2.45, 2.75) is 39.7 Å². The molecule has 0 saturated heterocycles. The maximum absolute atomic E-state index is 12.2. The Hall–Kier alpha value is -2.56. The lowest BCUT2D eigenvalue weighted by atomic mass is 10.1. The van der Waals surface area contributed by atoms with Gasteiger partial charge in [-0.15, -0.1) is 0 Å². The van der Waals surface area contributed by atoms with Crippen LogP contribution in [0, 0.1) is 13.8 Å². The second kappa shape index (κ2) is 6.28. The molecule has 0 aliphatic heterocycles. The number of furan rings is 1. The second-order valence-electron chi connectivity index (χ2n) is 5.78. The zero-order valence-corrected chi connectivity index (χ0v) is 13.6. The predicted molar refractivity (Wildman–Crippen MR) is 87.1 cm³/mol. The average molecular weight is 312 g/mol. The van der Waals surface area contributed by atoms with E-state index in [1.807, 2.05) is 51.1 Å². The fourth-order valence-corrected chi connectivity index (χ4v) is 2.70. The Bertz CT molecular complexity index is 779. The topological polar surface area (TPSA) is 68.3 Å². The number of fused-ring (bicyclic) bond motifs is 1. The molecule has 0 aliphatic rings. The van der Waals surface area contributed by atoms with Gasteiger partial charge in [0.05, 0.1) is 11.7 Å². The SMILES string of the molecule is Cc1noc(C)c1CCC(=O)N[C@H](C)c1cc2ccccc2o1. The van der Waals surface area contributed by atoms with Gasteiger partial charge >= 0.3 is 0 Å². The second-order valence-corrected chi connectivity index (χ2v) is 5.78. The molecule has 0 fully saturated rings. The highest BCUT2D eigenvalue weighted by atomic mass is 16.5. The summed E-state index contributed by atoms with van der Waals surface area (Å²) in [4.78, 5) is 12.2. The van der Waals surface area contributed by atoms with Crippen LogP contribution in [0.4, 0.5) is 0 Å². The first-order valence-corrected chi connectivity index (χ1v) is 7.74. The molecule has 1 atom stereocenters. The van der Waals surface area contributed by atoms with E-state index in [4.69, 9.17) is 8.94 Å². The van der Waals surface area contributed by atoms with Gasteiger partial charge in [0, 0.05) is 17.4 Å². The van der Waals surface area contributed by atoms with Crippen LogP contribution < -0.4 is 5.32 Å². The van der Waals surface area contributed by atoms with Gasteiger partial charge in [0.25, 0.3) is 0 Å². The number of hydrogen-bond donors (Lipinski definition) is 1. The van der Waals surface area contributed by atoms with Gasteiger partial charge < -0.3 is 14.3 Å². The number of nitrogens with zero attached hydrogens (tertiary/aromatic N) is 1. The minimum Gasteiger partial charge on any atom is -0.459 e. The lowest BCUT2D eigenvalue weighted by molar-refractivity contribution is -0.121. The van der Waals surface area contributed by atoms with Crippen LogP contribution in [0.5, 0.6) is 0 Å². The van der Waals surface area contributed by atoms with Gasteiger partial charge in [0.15, 0.2) is 0 Å². The zero-order valence-electron chi connectivity index (χ0n) is 13.6. The molecule has 0 spiro atoms. The first-order valence-electron chi connectivity index (χ1n) is 7.74. The van der Waals surface area contributed by atoms with E-state index < -0.39 is 0 Å². The highest BCUT2D eigenvalue weighted by molar-refractivity contribution is 5.79. The number of nitrogens with one attached hydrogen (secondary N) is 1. The molecule has 1 amide bonds. The van der Waals surface area contributed by atoms with E-state index in [1.165, 1.54) is 0 Å². The smallest absolute Gasteiger partial charge is 0.220 e. The van der Waals surface area contributed by atoms with Gasteiger partial charge in [0.2, 0.25) is 5.91 Å². The molecule has 0 bridgehead atoms. The van der Waals surface area contributed by atoms with Gasteiger partial charge in [-0.3, -0.25) is 4.79 Å². The largest absolute Gasteiger partial charge is 0.459 e. The summed E-state index contributed by atoms with van der Waals surface area (Å²) in [5.74, 6) is 1.52. The molecule has 2 aromatic heterocycles. The van der Waals surface area contributed by atoms with E-state index in [0.29, 0.717) is 12.8 Å². The van der Waals surface area contributed by atoms with Gasteiger partial charge in [-0.05, 0) is 39.3 Å². The van der Waals surface area contributed by atoms with Crippen molar-refractivity contribution in [3.63, 3.8) is 0 Å². The molecule has 0 unspecified atom stereocenters. The third kappa shape index (κ3) is 3.28. The molecular weight excluding hydrogens is 292 g/mol. The highest BCUT2D eigenvalue weighted by Gasteiger charge is 2.16. The summed E-state index contributed by atoms with van der Waals surface area (Å²) in [6.45, 7) is 5.68. The summed E-state index contributed by atoms with van der Waals surface area (Å²) in [6, 6.07) is 9.62. The minimum absolute atomic E-state index is 0.0158. The maximum atomic E-state index is 12.2. The maximum Gasteiger partial charge on any atom is 0.220 e. The average Bonchev–Trinajstić information content (AvgIpc) is 3.09. The summed E-state index contributed by atoms with van der Waals surface area (Å²) in [7, 11) is 0. The van der Waals surface area contributed by atoms with Crippen LogP contribution in [0.3, 0.4) is 0 Å². The molecule has 1 N–H and O–H groups in total. The van der Waals surface area contributed by atoms with Crippen molar-refractivity contribution in [1.29, 1.82) is 0 Å². The number of hydrogen-bond acceptors (Lipinski definition) is 4. The standard InChI is InChI=1S/C18H20N2O3/c1-11-15(13(3)23-20-11)8-9-18(21)19-12(2)17-10-14-6-4-5-7-16(14)22-17/h4-7,10,12H,8-9H2,1-3H3,(H,19,21)/t12-/m1/s1. The normalized spacial score (nSPS) is 12.5. The van der Waals surface area contributed by atoms with Crippen molar-refractivity contribution in [2.24, 2.45) is 0 Å². The molecule has 5 nitrogen and oxygen atoms in total. The van der Waals surface area contributed by atoms with E-state index in [2.05, 4.69) is 10.5 Å². The molecule has 0 aliphatic carbocycles. The van der Waals surface area contributed by atoms with E-state index in [9.17, 15) is 4.79 Å².